The standard InChI is InChI=1S/C20H23N3O9/c1-11(17(27)22-14(20(30)31)6-7-16(25)26)21-15(24)10-32-9-8-23-18(28)12-4-2-3-5-13(12)19(23)29/h2-5,11,14H,6-10H2,1H3,(H,21,24)(H,22,27)(H,25,26)(H,30,31)/p-2/t11-,14-/m0/s1. The molecule has 0 spiro atoms. The molecule has 1 heterocycles. The lowest BCUT2D eigenvalue weighted by Crippen LogP contribution is -2.54. The Bertz CT molecular complexity index is 896. The van der Waals surface area contributed by atoms with Crippen LogP contribution in [0, 0.1) is 0 Å². The molecule has 0 saturated carbocycles. The highest BCUT2D eigenvalue weighted by Gasteiger charge is 2.34. The summed E-state index contributed by atoms with van der Waals surface area (Å²) in [5.41, 5.74) is 0.592. The molecule has 32 heavy (non-hydrogen) atoms. The van der Waals surface area contributed by atoms with E-state index in [-0.39, 0.29) is 13.2 Å². The lowest BCUT2D eigenvalue weighted by atomic mass is 10.1. The van der Waals surface area contributed by atoms with Gasteiger partial charge in [-0.25, -0.2) is 0 Å². The molecule has 0 unspecified atom stereocenters. The number of carboxylic acid groups (broad SMARTS) is 2. The van der Waals surface area contributed by atoms with Crippen LogP contribution in [0.4, 0.5) is 0 Å². The van der Waals surface area contributed by atoms with E-state index < -0.39 is 67.1 Å². The topological polar surface area (TPSA) is 185 Å². The number of carbonyl (C=O) groups is 6. The van der Waals surface area contributed by atoms with E-state index in [1.165, 1.54) is 6.92 Å². The Labute approximate surface area is 182 Å². The van der Waals surface area contributed by atoms with E-state index in [1.807, 2.05) is 0 Å². The van der Waals surface area contributed by atoms with Gasteiger partial charge >= 0.3 is 0 Å². The Morgan fingerprint density at radius 3 is 2.16 bits per heavy atom. The second-order valence-electron chi connectivity index (χ2n) is 6.94. The number of nitrogens with zero attached hydrogens (tertiary/aromatic N) is 1. The third-order valence-electron chi connectivity index (χ3n) is 4.58. The van der Waals surface area contributed by atoms with Gasteiger partial charge < -0.3 is 35.2 Å². The normalized spacial score (nSPS) is 14.5. The van der Waals surface area contributed by atoms with E-state index in [9.17, 15) is 39.0 Å². The number of carboxylic acids is 2. The smallest absolute Gasteiger partial charge is 0.261 e. The van der Waals surface area contributed by atoms with Gasteiger partial charge in [0.05, 0.1) is 36.3 Å². The Balaban J connectivity index is 1.73. The number of ether oxygens (including phenoxy) is 1. The van der Waals surface area contributed by atoms with Crippen LogP contribution < -0.4 is 20.8 Å². The first-order chi connectivity index (χ1) is 15.1. The Hall–Kier alpha value is -3.80. The minimum Gasteiger partial charge on any atom is -0.550 e. The molecule has 0 aromatic heterocycles. The largest absolute Gasteiger partial charge is 0.550 e. The lowest BCUT2D eigenvalue weighted by molar-refractivity contribution is -0.310. The maximum atomic E-state index is 12.2. The molecule has 1 aliphatic rings. The van der Waals surface area contributed by atoms with Gasteiger partial charge in [0.15, 0.2) is 0 Å². The lowest BCUT2D eigenvalue weighted by Gasteiger charge is -2.22. The second-order valence-corrected chi connectivity index (χ2v) is 6.94. The SMILES string of the molecule is C[C@H](NC(=O)COCCN1C(=O)c2ccccc2C1=O)C(=O)N[C@@H](CCC(=O)[O-])C(=O)[O-]. The fourth-order valence-corrected chi connectivity index (χ4v) is 2.92. The number of aliphatic carboxylic acids is 2. The molecule has 1 aromatic carbocycles. The summed E-state index contributed by atoms with van der Waals surface area (Å²) in [6, 6.07) is 3.66. The number of imide groups is 1. The minimum atomic E-state index is -1.67. The van der Waals surface area contributed by atoms with Crippen molar-refractivity contribution in [3.63, 3.8) is 0 Å². The summed E-state index contributed by atoms with van der Waals surface area (Å²) in [6.07, 6.45) is -1.03. The highest BCUT2D eigenvalue weighted by Crippen LogP contribution is 2.21. The molecule has 12 nitrogen and oxygen atoms in total. The number of nitrogens with one attached hydrogen (secondary N) is 2. The van der Waals surface area contributed by atoms with Crippen LogP contribution in [0.5, 0.6) is 0 Å². The summed E-state index contributed by atoms with van der Waals surface area (Å²) in [6.45, 7) is 0.628. The van der Waals surface area contributed by atoms with Gasteiger partial charge in [0.1, 0.15) is 12.6 Å². The van der Waals surface area contributed by atoms with Crippen LogP contribution in [0.15, 0.2) is 24.3 Å². The van der Waals surface area contributed by atoms with Crippen LogP contribution in [-0.4, -0.2) is 72.3 Å². The average Bonchev–Trinajstić information content (AvgIpc) is 2.98. The Kier molecular flexibility index (Phi) is 8.41. The van der Waals surface area contributed by atoms with Crippen LogP contribution in [0.2, 0.25) is 0 Å². The highest BCUT2D eigenvalue weighted by atomic mass is 16.5. The van der Waals surface area contributed by atoms with Gasteiger partial charge in [0.2, 0.25) is 11.8 Å². The third kappa shape index (κ3) is 6.35. The number of benzene rings is 1. The molecule has 0 aliphatic carbocycles. The summed E-state index contributed by atoms with van der Waals surface area (Å²) in [5, 5.41) is 25.8. The molecular weight excluding hydrogens is 426 g/mol. The molecule has 0 bridgehead atoms. The predicted molar refractivity (Wildman–Crippen MR) is 101 cm³/mol. The molecular formula is C20H21N3O9-2. The average molecular weight is 447 g/mol. The number of hydrogen-bond acceptors (Lipinski definition) is 9. The Morgan fingerprint density at radius 1 is 1.03 bits per heavy atom. The van der Waals surface area contributed by atoms with Crippen molar-refractivity contribution in [1.82, 2.24) is 15.5 Å². The first kappa shape index (κ1) is 24.5. The van der Waals surface area contributed by atoms with Gasteiger partial charge in [-0.3, -0.25) is 24.1 Å². The van der Waals surface area contributed by atoms with E-state index in [2.05, 4.69) is 10.6 Å². The van der Waals surface area contributed by atoms with E-state index >= 15 is 0 Å². The van der Waals surface area contributed by atoms with Gasteiger partial charge in [-0.05, 0) is 31.9 Å². The number of hydrogen-bond donors (Lipinski definition) is 2. The van der Waals surface area contributed by atoms with E-state index in [1.54, 1.807) is 24.3 Å². The van der Waals surface area contributed by atoms with Gasteiger partial charge in [0, 0.05) is 5.97 Å². The van der Waals surface area contributed by atoms with Crippen LogP contribution in [-0.2, 0) is 23.9 Å². The van der Waals surface area contributed by atoms with Crippen molar-refractivity contribution in [2.24, 2.45) is 0 Å². The second kappa shape index (κ2) is 11.0. The summed E-state index contributed by atoms with van der Waals surface area (Å²) in [4.78, 5) is 70.8. The van der Waals surface area contributed by atoms with E-state index in [4.69, 9.17) is 4.74 Å². The molecule has 172 valence electrons. The van der Waals surface area contributed by atoms with E-state index in [0.29, 0.717) is 11.1 Å². The zero-order valence-corrected chi connectivity index (χ0v) is 17.1. The molecule has 2 rings (SSSR count). The van der Waals surface area contributed by atoms with Crippen molar-refractivity contribution >= 4 is 35.6 Å². The Morgan fingerprint density at radius 2 is 1.62 bits per heavy atom. The molecule has 1 aromatic rings. The number of amides is 4. The number of fused-ring (bicyclic) bond motifs is 1. The quantitative estimate of drug-likeness (QED) is 0.243. The number of rotatable bonds is 12. The summed E-state index contributed by atoms with van der Waals surface area (Å²) < 4.78 is 5.15. The van der Waals surface area contributed by atoms with Crippen LogP contribution in [0.3, 0.4) is 0 Å². The summed E-state index contributed by atoms with van der Waals surface area (Å²) in [5.74, 6) is -5.62. The molecule has 0 fully saturated rings. The molecule has 0 saturated heterocycles. The molecule has 4 amide bonds. The molecule has 1 aliphatic heterocycles. The van der Waals surface area contributed by atoms with Gasteiger partial charge in [-0.2, -0.15) is 0 Å². The third-order valence-corrected chi connectivity index (χ3v) is 4.58. The van der Waals surface area contributed by atoms with Crippen molar-refractivity contribution in [2.45, 2.75) is 31.8 Å². The van der Waals surface area contributed by atoms with Gasteiger partial charge in [0.25, 0.3) is 11.8 Å². The van der Waals surface area contributed by atoms with Crippen molar-refractivity contribution in [3.8, 4) is 0 Å². The maximum Gasteiger partial charge on any atom is 0.261 e. The monoisotopic (exact) mass is 447 g/mol. The minimum absolute atomic E-state index is 0.0681. The first-order valence-electron chi connectivity index (χ1n) is 9.65. The molecule has 2 atom stereocenters. The van der Waals surface area contributed by atoms with Crippen molar-refractivity contribution in [2.75, 3.05) is 19.8 Å². The predicted octanol–water partition coefficient (Wildman–Crippen LogP) is -3.43. The number of carbonyl (C=O) groups excluding carboxylic acids is 6. The zero-order valence-electron chi connectivity index (χ0n) is 17.1. The van der Waals surface area contributed by atoms with Crippen molar-refractivity contribution in [1.29, 1.82) is 0 Å². The first-order valence-corrected chi connectivity index (χ1v) is 9.65. The van der Waals surface area contributed by atoms with Crippen molar-refractivity contribution in [3.05, 3.63) is 35.4 Å². The van der Waals surface area contributed by atoms with E-state index in [0.717, 1.165) is 4.90 Å². The summed E-state index contributed by atoms with van der Waals surface area (Å²) in [7, 11) is 0. The van der Waals surface area contributed by atoms with Crippen LogP contribution in [0.25, 0.3) is 0 Å². The highest BCUT2D eigenvalue weighted by molar-refractivity contribution is 6.21. The fourth-order valence-electron chi connectivity index (χ4n) is 2.92. The fraction of sp³-hybridized carbons (Fsp3) is 0.400. The van der Waals surface area contributed by atoms with Crippen LogP contribution in [0.1, 0.15) is 40.5 Å². The van der Waals surface area contributed by atoms with Crippen LogP contribution >= 0.6 is 0 Å². The molecule has 2 N–H and O–H groups in total. The molecule has 12 heteroatoms. The zero-order chi connectivity index (χ0) is 23.8. The molecule has 0 radical (unpaired) electrons. The summed E-state index contributed by atoms with van der Waals surface area (Å²) >= 11 is 0. The van der Waals surface area contributed by atoms with Crippen molar-refractivity contribution < 1.29 is 43.7 Å². The van der Waals surface area contributed by atoms with Gasteiger partial charge in [-0.15, -0.1) is 0 Å². The van der Waals surface area contributed by atoms with Gasteiger partial charge in [-0.1, -0.05) is 12.1 Å². The maximum absolute atomic E-state index is 12.2.